The fraction of sp³-hybridized carbons (Fsp3) is 0.400. The average molecular weight is 260 g/mol. The maximum atomic E-state index is 4.28. The molecule has 1 N–H and O–H groups in total. The summed E-state index contributed by atoms with van der Waals surface area (Å²) in [5, 5.41) is 5.80. The van der Waals surface area contributed by atoms with Gasteiger partial charge in [0, 0.05) is 17.3 Å². The maximum Gasteiger partial charge on any atom is 0.0605 e. The van der Waals surface area contributed by atoms with Crippen molar-refractivity contribution < 1.29 is 0 Å². The van der Waals surface area contributed by atoms with Crippen LogP contribution in [-0.4, -0.2) is 11.5 Å². The van der Waals surface area contributed by atoms with Crippen molar-refractivity contribution in [2.75, 3.05) is 6.54 Å². The highest BCUT2D eigenvalue weighted by Gasteiger charge is 2.18. The first kappa shape index (κ1) is 13.2. The number of aromatic nitrogens is 1. The third kappa shape index (κ3) is 2.79. The van der Waals surface area contributed by atoms with Crippen molar-refractivity contribution in [2.24, 2.45) is 0 Å². The third-order valence-electron chi connectivity index (χ3n) is 3.20. The Morgan fingerprint density at radius 3 is 2.72 bits per heavy atom. The molecule has 0 saturated carbocycles. The largest absolute Gasteiger partial charge is 0.306 e. The number of nitrogens with zero attached hydrogens (tertiary/aromatic N) is 1. The molecule has 1 atom stereocenters. The number of rotatable bonds is 5. The van der Waals surface area contributed by atoms with Gasteiger partial charge >= 0.3 is 0 Å². The van der Waals surface area contributed by atoms with Crippen LogP contribution in [0.3, 0.4) is 0 Å². The van der Waals surface area contributed by atoms with E-state index in [2.05, 4.69) is 48.6 Å². The molecule has 96 valence electrons. The van der Waals surface area contributed by atoms with Gasteiger partial charge in [0.1, 0.15) is 0 Å². The molecule has 3 heteroatoms. The van der Waals surface area contributed by atoms with Crippen molar-refractivity contribution in [3.05, 3.63) is 51.5 Å². The molecule has 0 radical (unpaired) electrons. The molecule has 0 bridgehead atoms. The summed E-state index contributed by atoms with van der Waals surface area (Å²) in [6.45, 7) is 7.56. The van der Waals surface area contributed by atoms with E-state index < -0.39 is 0 Å². The lowest BCUT2D eigenvalue weighted by Crippen LogP contribution is -2.24. The van der Waals surface area contributed by atoms with Crippen molar-refractivity contribution in [2.45, 2.75) is 33.2 Å². The third-order valence-corrected chi connectivity index (χ3v) is 4.06. The van der Waals surface area contributed by atoms with E-state index >= 15 is 0 Å². The van der Waals surface area contributed by atoms with Gasteiger partial charge in [-0.15, -0.1) is 11.3 Å². The Balaban J connectivity index is 2.37. The minimum Gasteiger partial charge on any atom is -0.306 e. The average Bonchev–Trinajstić information content (AvgIpc) is 2.78. The standard InChI is InChI=1S/C15H20N2S/c1-4-7-17-15(13-6-9-18-12(13)3)14-10-16-8-5-11(14)2/h5-6,8-10,15,17H,4,7H2,1-3H3. The van der Waals surface area contributed by atoms with Gasteiger partial charge in [0.15, 0.2) is 0 Å². The van der Waals surface area contributed by atoms with Gasteiger partial charge in [0.25, 0.3) is 0 Å². The molecule has 0 aliphatic rings. The van der Waals surface area contributed by atoms with Crippen LogP contribution >= 0.6 is 11.3 Å². The van der Waals surface area contributed by atoms with Crippen molar-refractivity contribution in [3.63, 3.8) is 0 Å². The summed E-state index contributed by atoms with van der Waals surface area (Å²) < 4.78 is 0. The smallest absolute Gasteiger partial charge is 0.0605 e. The van der Waals surface area contributed by atoms with Crippen molar-refractivity contribution in [1.29, 1.82) is 0 Å². The molecule has 2 aromatic heterocycles. The predicted molar refractivity (Wildman–Crippen MR) is 78.2 cm³/mol. The summed E-state index contributed by atoms with van der Waals surface area (Å²) in [7, 11) is 0. The molecular formula is C15H20N2S. The van der Waals surface area contributed by atoms with E-state index in [1.165, 1.54) is 21.6 Å². The Hall–Kier alpha value is -1.19. The van der Waals surface area contributed by atoms with Crippen LogP contribution in [-0.2, 0) is 0 Å². The molecule has 0 amide bonds. The summed E-state index contributed by atoms with van der Waals surface area (Å²) in [6, 6.07) is 4.57. The fourth-order valence-corrected chi connectivity index (χ4v) is 2.89. The number of hydrogen-bond donors (Lipinski definition) is 1. The molecular weight excluding hydrogens is 240 g/mol. The van der Waals surface area contributed by atoms with Crippen LogP contribution in [0.4, 0.5) is 0 Å². The zero-order chi connectivity index (χ0) is 13.0. The molecule has 18 heavy (non-hydrogen) atoms. The lowest BCUT2D eigenvalue weighted by atomic mass is 9.97. The molecule has 0 aliphatic heterocycles. The number of nitrogens with one attached hydrogen (secondary N) is 1. The van der Waals surface area contributed by atoms with Crippen LogP contribution in [0.5, 0.6) is 0 Å². The SMILES string of the molecule is CCCNC(c1cnccc1C)c1ccsc1C. The highest BCUT2D eigenvalue weighted by atomic mass is 32.1. The van der Waals surface area contributed by atoms with Gasteiger partial charge in [-0.3, -0.25) is 4.98 Å². The van der Waals surface area contributed by atoms with E-state index in [0.29, 0.717) is 0 Å². The Morgan fingerprint density at radius 2 is 2.11 bits per heavy atom. The second kappa shape index (κ2) is 6.12. The van der Waals surface area contributed by atoms with Crippen LogP contribution in [0.15, 0.2) is 29.9 Å². The number of aryl methyl sites for hydroxylation is 2. The van der Waals surface area contributed by atoms with Gasteiger partial charge < -0.3 is 5.32 Å². The minimum absolute atomic E-state index is 0.268. The first-order valence-electron chi connectivity index (χ1n) is 6.42. The van der Waals surface area contributed by atoms with Gasteiger partial charge in [-0.05, 0) is 61.0 Å². The summed E-state index contributed by atoms with van der Waals surface area (Å²) in [5.41, 5.74) is 3.96. The van der Waals surface area contributed by atoms with E-state index in [0.717, 1.165) is 13.0 Å². The number of thiophene rings is 1. The van der Waals surface area contributed by atoms with E-state index in [4.69, 9.17) is 0 Å². The first-order valence-corrected chi connectivity index (χ1v) is 7.30. The number of pyridine rings is 1. The van der Waals surface area contributed by atoms with Crippen LogP contribution in [0, 0.1) is 13.8 Å². The van der Waals surface area contributed by atoms with E-state index in [9.17, 15) is 0 Å². The highest BCUT2D eigenvalue weighted by Crippen LogP contribution is 2.29. The minimum atomic E-state index is 0.268. The van der Waals surface area contributed by atoms with Crippen molar-refractivity contribution in [3.8, 4) is 0 Å². The van der Waals surface area contributed by atoms with E-state index in [-0.39, 0.29) is 6.04 Å². The topological polar surface area (TPSA) is 24.9 Å². The summed E-state index contributed by atoms with van der Waals surface area (Å²) >= 11 is 1.81. The van der Waals surface area contributed by atoms with Crippen LogP contribution in [0.1, 0.15) is 41.0 Å². The molecule has 1 unspecified atom stereocenters. The zero-order valence-corrected chi connectivity index (χ0v) is 12.1. The zero-order valence-electron chi connectivity index (χ0n) is 11.2. The second-order valence-corrected chi connectivity index (χ2v) is 5.67. The van der Waals surface area contributed by atoms with Gasteiger partial charge in [-0.1, -0.05) is 6.92 Å². The Labute approximate surface area is 113 Å². The second-order valence-electron chi connectivity index (χ2n) is 4.55. The monoisotopic (exact) mass is 260 g/mol. The van der Waals surface area contributed by atoms with E-state index in [1.807, 2.05) is 12.4 Å². The van der Waals surface area contributed by atoms with E-state index in [1.54, 1.807) is 11.3 Å². The lowest BCUT2D eigenvalue weighted by Gasteiger charge is -2.20. The summed E-state index contributed by atoms with van der Waals surface area (Å²) in [5.74, 6) is 0. The van der Waals surface area contributed by atoms with Gasteiger partial charge in [0.2, 0.25) is 0 Å². The molecule has 0 saturated heterocycles. The first-order chi connectivity index (χ1) is 8.74. The molecule has 0 aromatic carbocycles. The highest BCUT2D eigenvalue weighted by molar-refractivity contribution is 7.10. The molecule has 0 aliphatic carbocycles. The van der Waals surface area contributed by atoms with Crippen LogP contribution in [0.25, 0.3) is 0 Å². The van der Waals surface area contributed by atoms with Crippen molar-refractivity contribution >= 4 is 11.3 Å². The molecule has 2 rings (SSSR count). The quantitative estimate of drug-likeness (QED) is 0.883. The Bertz CT molecular complexity index is 505. The van der Waals surface area contributed by atoms with Gasteiger partial charge in [-0.25, -0.2) is 0 Å². The Kier molecular flexibility index (Phi) is 4.50. The maximum absolute atomic E-state index is 4.28. The van der Waals surface area contributed by atoms with Crippen molar-refractivity contribution in [1.82, 2.24) is 10.3 Å². The molecule has 2 nitrogen and oxygen atoms in total. The Morgan fingerprint density at radius 1 is 1.28 bits per heavy atom. The summed E-state index contributed by atoms with van der Waals surface area (Å²) in [4.78, 5) is 5.66. The fourth-order valence-electron chi connectivity index (χ4n) is 2.15. The van der Waals surface area contributed by atoms with Crippen LogP contribution < -0.4 is 5.32 Å². The normalized spacial score (nSPS) is 12.6. The van der Waals surface area contributed by atoms with Gasteiger partial charge in [-0.2, -0.15) is 0 Å². The molecule has 0 spiro atoms. The molecule has 2 aromatic rings. The predicted octanol–water partition coefficient (Wildman–Crippen LogP) is 3.85. The van der Waals surface area contributed by atoms with Crippen LogP contribution in [0.2, 0.25) is 0 Å². The summed E-state index contributed by atoms with van der Waals surface area (Å²) in [6.07, 6.45) is 4.98. The molecule has 0 fully saturated rings. The lowest BCUT2D eigenvalue weighted by molar-refractivity contribution is 0.594. The number of hydrogen-bond acceptors (Lipinski definition) is 3. The molecule has 2 heterocycles. The van der Waals surface area contributed by atoms with Gasteiger partial charge in [0.05, 0.1) is 6.04 Å².